The summed E-state index contributed by atoms with van der Waals surface area (Å²) in [7, 11) is 0. The largest absolute Gasteiger partial charge is 0.308 e. The van der Waals surface area contributed by atoms with Crippen molar-refractivity contribution in [3.8, 4) is 0 Å². The molecule has 1 atom stereocenters. The first-order chi connectivity index (χ1) is 10.1. The zero-order valence-electron chi connectivity index (χ0n) is 13.5. The molecule has 112 valence electrons. The minimum absolute atomic E-state index is 0.244. The van der Waals surface area contributed by atoms with E-state index in [-0.39, 0.29) is 6.04 Å². The van der Waals surface area contributed by atoms with Crippen molar-refractivity contribution in [2.24, 2.45) is 0 Å². The number of aromatic nitrogens is 2. The molecule has 0 amide bonds. The van der Waals surface area contributed by atoms with Crippen LogP contribution in [0.4, 0.5) is 0 Å². The van der Waals surface area contributed by atoms with Gasteiger partial charge in [-0.25, -0.2) is 9.97 Å². The molecule has 0 saturated heterocycles. The van der Waals surface area contributed by atoms with Crippen molar-refractivity contribution in [1.82, 2.24) is 15.3 Å². The molecule has 0 radical (unpaired) electrons. The fraction of sp³-hybridized carbons (Fsp3) is 0.444. The standard InChI is InChI=1S/C18H25N3/c1-5-9-20-18(17-8-10-19-15(4)21-17)12-16-7-6-13(2)14(3)11-16/h6-8,10-11,18,20H,5,9,12H2,1-4H3. The Labute approximate surface area is 127 Å². The van der Waals surface area contributed by atoms with Gasteiger partial charge in [0.05, 0.1) is 11.7 Å². The van der Waals surface area contributed by atoms with Gasteiger partial charge in [-0.1, -0.05) is 25.1 Å². The van der Waals surface area contributed by atoms with Crippen LogP contribution in [0.5, 0.6) is 0 Å². The molecule has 2 aromatic rings. The molecule has 0 spiro atoms. The van der Waals surface area contributed by atoms with E-state index in [4.69, 9.17) is 0 Å². The van der Waals surface area contributed by atoms with Crippen molar-refractivity contribution >= 4 is 0 Å². The molecule has 3 nitrogen and oxygen atoms in total. The molecule has 1 unspecified atom stereocenters. The maximum absolute atomic E-state index is 4.59. The van der Waals surface area contributed by atoms with E-state index in [0.717, 1.165) is 30.9 Å². The number of hydrogen-bond acceptors (Lipinski definition) is 3. The van der Waals surface area contributed by atoms with Gasteiger partial charge >= 0.3 is 0 Å². The minimum Gasteiger partial charge on any atom is -0.308 e. The van der Waals surface area contributed by atoms with Crippen molar-refractivity contribution in [3.63, 3.8) is 0 Å². The van der Waals surface area contributed by atoms with E-state index in [9.17, 15) is 0 Å². The van der Waals surface area contributed by atoms with Crippen molar-refractivity contribution in [3.05, 3.63) is 58.7 Å². The average Bonchev–Trinajstić information content (AvgIpc) is 2.47. The molecule has 21 heavy (non-hydrogen) atoms. The Kier molecular flexibility index (Phi) is 5.45. The molecular weight excluding hydrogens is 258 g/mol. The minimum atomic E-state index is 0.244. The normalized spacial score (nSPS) is 12.4. The Morgan fingerprint density at radius 2 is 1.90 bits per heavy atom. The lowest BCUT2D eigenvalue weighted by Crippen LogP contribution is -2.25. The maximum atomic E-state index is 4.59. The fourth-order valence-corrected chi connectivity index (χ4v) is 2.43. The highest BCUT2D eigenvalue weighted by Crippen LogP contribution is 2.19. The molecule has 1 N–H and O–H groups in total. The van der Waals surface area contributed by atoms with Gasteiger partial charge in [0.2, 0.25) is 0 Å². The lowest BCUT2D eigenvalue weighted by molar-refractivity contribution is 0.515. The van der Waals surface area contributed by atoms with Gasteiger partial charge in [-0.3, -0.25) is 0 Å². The molecule has 0 aliphatic heterocycles. The van der Waals surface area contributed by atoms with Gasteiger partial charge in [-0.2, -0.15) is 0 Å². The van der Waals surface area contributed by atoms with Crippen LogP contribution in [-0.4, -0.2) is 16.5 Å². The Morgan fingerprint density at radius 1 is 1.10 bits per heavy atom. The summed E-state index contributed by atoms with van der Waals surface area (Å²) in [6, 6.07) is 8.96. The Morgan fingerprint density at radius 3 is 2.57 bits per heavy atom. The van der Waals surface area contributed by atoms with Crippen LogP contribution in [0.3, 0.4) is 0 Å². The van der Waals surface area contributed by atoms with Crippen LogP contribution in [-0.2, 0) is 6.42 Å². The van der Waals surface area contributed by atoms with E-state index >= 15 is 0 Å². The molecular formula is C18H25N3. The third-order valence-corrected chi connectivity index (χ3v) is 3.81. The number of nitrogens with zero attached hydrogens (tertiary/aromatic N) is 2. The van der Waals surface area contributed by atoms with Crippen LogP contribution < -0.4 is 5.32 Å². The summed E-state index contributed by atoms with van der Waals surface area (Å²) in [5.41, 5.74) is 5.12. The lowest BCUT2D eigenvalue weighted by Gasteiger charge is -2.19. The number of nitrogens with one attached hydrogen (secondary N) is 1. The number of benzene rings is 1. The van der Waals surface area contributed by atoms with Crippen LogP contribution in [0.15, 0.2) is 30.5 Å². The molecule has 0 bridgehead atoms. The van der Waals surface area contributed by atoms with E-state index in [1.54, 1.807) is 0 Å². The van der Waals surface area contributed by atoms with E-state index in [1.807, 2.05) is 19.2 Å². The average molecular weight is 283 g/mol. The SMILES string of the molecule is CCCNC(Cc1ccc(C)c(C)c1)c1ccnc(C)n1. The molecule has 2 rings (SSSR count). The molecule has 1 aromatic heterocycles. The smallest absolute Gasteiger partial charge is 0.125 e. The molecule has 0 fully saturated rings. The van der Waals surface area contributed by atoms with Crippen LogP contribution in [0.1, 0.15) is 47.6 Å². The first-order valence-electron chi connectivity index (χ1n) is 7.69. The monoisotopic (exact) mass is 283 g/mol. The van der Waals surface area contributed by atoms with E-state index in [1.165, 1.54) is 16.7 Å². The fourth-order valence-electron chi connectivity index (χ4n) is 2.43. The summed E-state index contributed by atoms with van der Waals surface area (Å²) in [5.74, 6) is 0.830. The Bertz CT molecular complexity index is 593. The highest BCUT2D eigenvalue weighted by atomic mass is 15.0. The second kappa shape index (κ2) is 7.32. The van der Waals surface area contributed by atoms with E-state index in [2.05, 4.69) is 54.3 Å². The predicted molar refractivity (Wildman–Crippen MR) is 87.4 cm³/mol. The molecule has 1 heterocycles. The summed E-state index contributed by atoms with van der Waals surface area (Å²) >= 11 is 0. The van der Waals surface area contributed by atoms with Crippen molar-refractivity contribution in [2.75, 3.05) is 6.54 Å². The Balaban J connectivity index is 2.21. The second-order valence-electron chi connectivity index (χ2n) is 5.66. The van der Waals surface area contributed by atoms with E-state index in [0.29, 0.717) is 0 Å². The van der Waals surface area contributed by atoms with Crippen LogP contribution in [0, 0.1) is 20.8 Å². The number of rotatable bonds is 6. The van der Waals surface area contributed by atoms with Gasteiger partial charge < -0.3 is 5.32 Å². The van der Waals surface area contributed by atoms with E-state index < -0.39 is 0 Å². The molecule has 0 aliphatic carbocycles. The quantitative estimate of drug-likeness (QED) is 0.878. The third kappa shape index (κ3) is 4.36. The highest BCUT2D eigenvalue weighted by molar-refractivity contribution is 5.31. The summed E-state index contributed by atoms with van der Waals surface area (Å²) < 4.78 is 0. The van der Waals surface area contributed by atoms with Crippen LogP contribution in [0.25, 0.3) is 0 Å². The number of aryl methyl sites for hydroxylation is 3. The van der Waals surface area contributed by atoms with Gasteiger partial charge in [0, 0.05) is 6.20 Å². The second-order valence-corrected chi connectivity index (χ2v) is 5.66. The topological polar surface area (TPSA) is 37.8 Å². The first kappa shape index (κ1) is 15.6. The molecule has 0 saturated carbocycles. The highest BCUT2D eigenvalue weighted by Gasteiger charge is 2.13. The van der Waals surface area contributed by atoms with Gasteiger partial charge in [0.25, 0.3) is 0 Å². The van der Waals surface area contributed by atoms with Gasteiger partial charge in [-0.15, -0.1) is 0 Å². The van der Waals surface area contributed by atoms with Crippen molar-refractivity contribution in [1.29, 1.82) is 0 Å². The van der Waals surface area contributed by atoms with Crippen LogP contribution >= 0.6 is 0 Å². The third-order valence-electron chi connectivity index (χ3n) is 3.81. The lowest BCUT2D eigenvalue weighted by atomic mass is 9.99. The van der Waals surface area contributed by atoms with Crippen molar-refractivity contribution in [2.45, 2.75) is 46.6 Å². The predicted octanol–water partition coefficient (Wildman–Crippen LogP) is 3.69. The number of hydrogen-bond donors (Lipinski definition) is 1. The molecule has 1 aromatic carbocycles. The Hall–Kier alpha value is -1.74. The molecule has 0 aliphatic rings. The summed E-state index contributed by atoms with van der Waals surface area (Å²) in [4.78, 5) is 8.79. The van der Waals surface area contributed by atoms with Gasteiger partial charge in [0.1, 0.15) is 5.82 Å². The van der Waals surface area contributed by atoms with Crippen LogP contribution in [0.2, 0.25) is 0 Å². The van der Waals surface area contributed by atoms with Gasteiger partial charge in [-0.05, 0) is 62.9 Å². The zero-order valence-corrected chi connectivity index (χ0v) is 13.5. The van der Waals surface area contributed by atoms with Crippen molar-refractivity contribution < 1.29 is 0 Å². The first-order valence-corrected chi connectivity index (χ1v) is 7.69. The zero-order chi connectivity index (χ0) is 15.2. The summed E-state index contributed by atoms with van der Waals surface area (Å²) in [6.45, 7) is 9.45. The molecule has 3 heteroatoms. The summed E-state index contributed by atoms with van der Waals surface area (Å²) in [5, 5.41) is 3.61. The maximum Gasteiger partial charge on any atom is 0.125 e. The summed E-state index contributed by atoms with van der Waals surface area (Å²) in [6.07, 6.45) is 3.92. The van der Waals surface area contributed by atoms with Gasteiger partial charge in [0.15, 0.2) is 0 Å².